The topological polar surface area (TPSA) is 92.8 Å². The van der Waals surface area contributed by atoms with Crippen LogP contribution in [-0.2, 0) is 9.53 Å². The first kappa shape index (κ1) is 16.2. The van der Waals surface area contributed by atoms with Crippen molar-refractivity contribution >= 4 is 35.1 Å². The molecule has 122 valence electrons. The minimum atomic E-state index is -0.361. The number of pyridine rings is 1. The van der Waals surface area contributed by atoms with Gasteiger partial charge in [0.2, 0.25) is 11.1 Å². The molecule has 0 aliphatic carbocycles. The van der Waals surface area contributed by atoms with Crippen molar-refractivity contribution in [2.45, 2.75) is 36.3 Å². The van der Waals surface area contributed by atoms with E-state index in [1.54, 1.807) is 19.1 Å². The first-order valence-corrected chi connectivity index (χ1v) is 8.50. The number of anilines is 1. The Bertz CT molecular complexity index is 672. The highest BCUT2D eigenvalue weighted by molar-refractivity contribution is 8.00. The Kier molecular flexibility index (Phi) is 5.14. The van der Waals surface area contributed by atoms with Crippen molar-refractivity contribution in [3.8, 4) is 0 Å². The van der Waals surface area contributed by atoms with Gasteiger partial charge in [-0.2, -0.15) is 0 Å². The molecule has 1 fully saturated rings. The highest BCUT2D eigenvalue weighted by atomic mass is 35.5. The Balaban J connectivity index is 1.56. The van der Waals surface area contributed by atoms with Gasteiger partial charge in [0.15, 0.2) is 5.82 Å². The van der Waals surface area contributed by atoms with Gasteiger partial charge in [-0.3, -0.25) is 9.89 Å². The summed E-state index contributed by atoms with van der Waals surface area (Å²) in [5.74, 6) is 1.01. The third kappa shape index (κ3) is 4.21. The lowest BCUT2D eigenvalue weighted by molar-refractivity contribution is -0.115. The predicted octanol–water partition coefficient (Wildman–Crippen LogP) is 2.82. The summed E-state index contributed by atoms with van der Waals surface area (Å²) in [7, 11) is 0. The molecule has 2 atom stereocenters. The molecule has 1 saturated heterocycles. The van der Waals surface area contributed by atoms with Crippen molar-refractivity contribution in [1.82, 2.24) is 20.2 Å². The average molecular weight is 354 g/mol. The Hall–Kier alpha value is -1.64. The molecule has 3 heterocycles. The molecule has 7 nitrogen and oxygen atoms in total. The van der Waals surface area contributed by atoms with Crippen molar-refractivity contribution < 1.29 is 9.53 Å². The number of thioether (sulfide) groups is 1. The molecule has 9 heteroatoms. The van der Waals surface area contributed by atoms with Crippen LogP contribution in [0.3, 0.4) is 0 Å². The molecule has 23 heavy (non-hydrogen) atoms. The zero-order valence-electron chi connectivity index (χ0n) is 12.5. The van der Waals surface area contributed by atoms with Crippen LogP contribution in [0.15, 0.2) is 23.5 Å². The average Bonchev–Trinajstić information content (AvgIpc) is 3.20. The maximum absolute atomic E-state index is 12.2. The van der Waals surface area contributed by atoms with E-state index in [0.717, 1.165) is 25.3 Å². The zero-order valence-corrected chi connectivity index (χ0v) is 14.0. The molecule has 3 rings (SSSR count). The summed E-state index contributed by atoms with van der Waals surface area (Å²) in [6, 6.07) is 3.32. The molecule has 0 unspecified atom stereocenters. The number of nitrogens with zero attached hydrogens (tertiary/aromatic N) is 3. The first-order valence-electron chi connectivity index (χ1n) is 7.25. The fraction of sp³-hybridized carbons (Fsp3) is 0.429. The number of aromatic nitrogens is 4. The van der Waals surface area contributed by atoms with Gasteiger partial charge in [-0.05, 0) is 31.9 Å². The number of aromatic amines is 1. The molecule has 0 spiro atoms. The number of H-pyrrole nitrogens is 1. The van der Waals surface area contributed by atoms with Gasteiger partial charge in [0.1, 0.15) is 11.9 Å². The van der Waals surface area contributed by atoms with Crippen LogP contribution in [0, 0.1) is 0 Å². The molecule has 2 N–H and O–H groups in total. The number of ether oxygens (including phenoxy) is 1. The normalized spacial score (nSPS) is 18.8. The number of hydrogen-bond acceptors (Lipinski definition) is 6. The van der Waals surface area contributed by atoms with Gasteiger partial charge in [-0.15, -0.1) is 5.10 Å². The maximum Gasteiger partial charge on any atom is 0.238 e. The lowest BCUT2D eigenvalue weighted by atomic mass is 10.2. The van der Waals surface area contributed by atoms with E-state index in [1.165, 1.54) is 18.0 Å². The molecule has 2 aromatic rings. The predicted molar refractivity (Wildman–Crippen MR) is 87.5 cm³/mol. The van der Waals surface area contributed by atoms with E-state index in [1.807, 2.05) is 0 Å². The third-order valence-corrected chi connectivity index (χ3v) is 4.53. The molecule has 2 aromatic heterocycles. The van der Waals surface area contributed by atoms with E-state index in [2.05, 4.69) is 25.5 Å². The van der Waals surface area contributed by atoms with Gasteiger partial charge in [-0.25, -0.2) is 9.97 Å². The van der Waals surface area contributed by atoms with Gasteiger partial charge >= 0.3 is 0 Å². The van der Waals surface area contributed by atoms with E-state index in [4.69, 9.17) is 16.3 Å². The van der Waals surface area contributed by atoms with Gasteiger partial charge in [0.25, 0.3) is 0 Å². The molecule has 0 radical (unpaired) electrons. The highest BCUT2D eigenvalue weighted by Gasteiger charge is 2.23. The number of carbonyl (C=O) groups excluding carboxylic acids is 1. The number of rotatable bonds is 5. The van der Waals surface area contributed by atoms with Gasteiger partial charge in [0, 0.05) is 12.8 Å². The molecule has 1 amide bonds. The highest BCUT2D eigenvalue weighted by Crippen LogP contribution is 2.28. The lowest BCUT2D eigenvalue weighted by Gasteiger charge is -2.09. The van der Waals surface area contributed by atoms with Crippen LogP contribution in [0.4, 0.5) is 5.82 Å². The Morgan fingerprint density at radius 1 is 1.57 bits per heavy atom. The fourth-order valence-electron chi connectivity index (χ4n) is 2.14. The molecule has 1 aliphatic rings. The molecule has 0 saturated carbocycles. The second-order valence-corrected chi connectivity index (χ2v) is 6.86. The van der Waals surface area contributed by atoms with E-state index in [0.29, 0.717) is 16.0 Å². The van der Waals surface area contributed by atoms with Crippen molar-refractivity contribution in [3.05, 3.63) is 29.2 Å². The van der Waals surface area contributed by atoms with Gasteiger partial charge in [-0.1, -0.05) is 23.4 Å². The van der Waals surface area contributed by atoms with E-state index in [9.17, 15) is 4.79 Å². The van der Waals surface area contributed by atoms with Crippen LogP contribution in [0.2, 0.25) is 5.02 Å². The van der Waals surface area contributed by atoms with Crippen LogP contribution in [0.1, 0.15) is 31.7 Å². The largest absolute Gasteiger partial charge is 0.370 e. The van der Waals surface area contributed by atoms with Crippen LogP contribution in [0.25, 0.3) is 0 Å². The smallest absolute Gasteiger partial charge is 0.238 e. The molecule has 0 aromatic carbocycles. The summed E-state index contributed by atoms with van der Waals surface area (Å²) in [5, 5.41) is 10.4. The van der Waals surface area contributed by atoms with Gasteiger partial charge < -0.3 is 10.1 Å². The van der Waals surface area contributed by atoms with Crippen molar-refractivity contribution in [3.63, 3.8) is 0 Å². The Morgan fingerprint density at radius 3 is 3.13 bits per heavy atom. The maximum atomic E-state index is 12.2. The van der Waals surface area contributed by atoms with Crippen molar-refractivity contribution in [2.75, 3.05) is 11.9 Å². The number of nitrogens with one attached hydrogen (secondary N) is 2. The standard InChI is InChI=1S/C14H16ClN5O2S/c1-8(13(21)17-11-5-4-9(15)7-16-11)23-14-18-12(19-20-14)10-3-2-6-22-10/h4-5,7-8,10H,2-3,6H2,1H3,(H,16,17,21)(H,18,19,20)/t8-,10-/m0/s1. The van der Waals surface area contributed by atoms with E-state index in [-0.39, 0.29) is 17.3 Å². The summed E-state index contributed by atoms with van der Waals surface area (Å²) >= 11 is 7.04. The Labute approximate surface area is 142 Å². The van der Waals surface area contributed by atoms with Crippen LogP contribution < -0.4 is 5.32 Å². The summed E-state index contributed by atoms with van der Waals surface area (Å²) in [4.78, 5) is 20.6. The van der Waals surface area contributed by atoms with E-state index < -0.39 is 0 Å². The molecular weight excluding hydrogens is 338 g/mol. The Morgan fingerprint density at radius 2 is 2.43 bits per heavy atom. The second kappa shape index (κ2) is 7.29. The quantitative estimate of drug-likeness (QED) is 0.803. The third-order valence-electron chi connectivity index (χ3n) is 3.35. The molecule has 1 aliphatic heterocycles. The SMILES string of the molecule is C[C@H](Sc1n[nH]c([C@@H]2CCCO2)n1)C(=O)Nc1ccc(Cl)cn1. The lowest BCUT2D eigenvalue weighted by Crippen LogP contribution is -2.23. The van der Waals surface area contributed by atoms with Crippen LogP contribution in [-0.4, -0.2) is 37.9 Å². The van der Waals surface area contributed by atoms with Crippen molar-refractivity contribution in [2.24, 2.45) is 0 Å². The van der Waals surface area contributed by atoms with Crippen LogP contribution >= 0.6 is 23.4 Å². The fourth-order valence-corrected chi connectivity index (χ4v) is 2.98. The minimum absolute atomic E-state index is 0.0146. The first-order chi connectivity index (χ1) is 11.1. The zero-order chi connectivity index (χ0) is 16.2. The van der Waals surface area contributed by atoms with Crippen LogP contribution in [0.5, 0.6) is 0 Å². The molecule has 0 bridgehead atoms. The molecular formula is C14H16ClN5O2S. The number of carbonyl (C=O) groups is 1. The summed E-state index contributed by atoms with van der Waals surface area (Å²) in [6.45, 7) is 2.54. The summed E-state index contributed by atoms with van der Waals surface area (Å²) in [6.07, 6.45) is 3.44. The van der Waals surface area contributed by atoms with E-state index >= 15 is 0 Å². The summed E-state index contributed by atoms with van der Waals surface area (Å²) < 4.78 is 5.55. The number of amides is 1. The minimum Gasteiger partial charge on any atom is -0.370 e. The number of hydrogen-bond donors (Lipinski definition) is 2. The van der Waals surface area contributed by atoms with Gasteiger partial charge in [0.05, 0.1) is 10.3 Å². The summed E-state index contributed by atoms with van der Waals surface area (Å²) in [5.41, 5.74) is 0. The van der Waals surface area contributed by atoms with Crippen molar-refractivity contribution in [1.29, 1.82) is 0 Å². The number of halogens is 1. The second-order valence-electron chi connectivity index (χ2n) is 5.12. The monoisotopic (exact) mass is 353 g/mol.